The van der Waals surface area contributed by atoms with Gasteiger partial charge < -0.3 is 0 Å². The second-order valence-electron chi connectivity index (χ2n) is 7.36. The van der Waals surface area contributed by atoms with Gasteiger partial charge in [-0.15, -0.1) is 0 Å². The number of halogens is 2. The molecular weight excluding hydrogens is 475 g/mol. The molecule has 0 radical (unpaired) electrons. The molecule has 1 fully saturated rings. The largest absolute Gasteiger partial charge is 0.335 e. The fourth-order valence-corrected chi connectivity index (χ4v) is 3.93. The molecule has 160 valence electrons. The Kier molecular flexibility index (Phi) is 6.01. The molecule has 0 aromatic heterocycles. The first-order valence-electron chi connectivity index (χ1n) is 9.84. The standard InChI is InChI=1S/C25H18BrFN2O3/c1-15-6-2-5-9-22(15)29-24(31)20(23(30)28-25(29)32)14-18-13-19(26)11-10-16(18)12-17-7-3-4-8-21(17)27/h2-11,13-14H,12H2,1H3,(H,28,30,32)/b20-14+. The van der Waals surface area contributed by atoms with Gasteiger partial charge in [-0.25, -0.2) is 14.1 Å². The minimum absolute atomic E-state index is 0.180. The van der Waals surface area contributed by atoms with E-state index in [-0.39, 0.29) is 17.8 Å². The summed E-state index contributed by atoms with van der Waals surface area (Å²) in [4.78, 5) is 39.2. The second kappa shape index (κ2) is 8.88. The third-order valence-corrected chi connectivity index (χ3v) is 5.70. The summed E-state index contributed by atoms with van der Waals surface area (Å²) in [5.74, 6) is -1.83. The fraction of sp³-hybridized carbons (Fsp3) is 0.0800. The lowest BCUT2D eigenvalue weighted by Gasteiger charge is -2.27. The van der Waals surface area contributed by atoms with E-state index < -0.39 is 17.8 Å². The van der Waals surface area contributed by atoms with Crippen LogP contribution in [0, 0.1) is 12.7 Å². The number of amides is 4. The highest BCUT2D eigenvalue weighted by Crippen LogP contribution is 2.27. The molecule has 0 aliphatic carbocycles. The van der Waals surface area contributed by atoms with Crippen molar-refractivity contribution in [2.75, 3.05) is 4.90 Å². The van der Waals surface area contributed by atoms with Gasteiger partial charge in [-0.2, -0.15) is 0 Å². The van der Waals surface area contributed by atoms with E-state index in [4.69, 9.17) is 0 Å². The van der Waals surface area contributed by atoms with Crippen molar-refractivity contribution >= 4 is 45.5 Å². The molecule has 5 nitrogen and oxygen atoms in total. The third-order valence-electron chi connectivity index (χ3n) is 5.20. The fourth-order valence-electron chi connectivity index (χ4n) is 3.55. The number of hydrogen-bond acceptors (Lipinski definition) is 3. The van der Waals surface area contributed by atoms with Crippen LogP contribution in [0.3, 0.4) is 0 Å². The summed E-state index contributed by atoms with van der Waals surface area (Å²) in [6, 6.07) is 17.9. The highest BCUT2D eigenvalue weighted by Gasteiger charge is 2.37. The number of anilines is 1. The molecule has 1 saturated heterocycles. The summed E-state index contributed by atoms with van der Waals surface area (Å²) < 4.78 is 14.9. The van der Waals surface area contributed by atoms with E-state index in [9.17, 15) is 18.8 Å². The van der Waals surface area contributed by atoms with Gasteiger partial charge in [-0.3, -0.25) is 14.9 Å². The first-order chi connectivity index (χ1) is 15.3. The van der Waals surface area contributed by atoms with E-state index in [1.807, 2.05) is 6.07 Å². The number of carbonyl (C=O) groups is 3. The highest BCUT2D eigenvalue weighted by molar-refractivity contribution is 9.10. The number of hydrogen-bond donors (Lipinski definition) is 1. The Morgan fingerprint density at radius 3 is 2.44 bits per heavy atom. The molecule has 0 bridgehead atoms. The Morgan fingerprint density at radius 1 is 0.969 bits per heavy atom. The molecule has 0 atom stereocenters. The minimum Gasteiger partial charge on any atom is -0.273 e. The van der Waals surface area contributed by atoms with Crippen LogP contribution in [0.2, 0.25) is 0 Å². The van der Waals surface area contributed by atoms with Crippen molar-refractivity contribution in [1.82, 2.24) is 5.32 Å². The molecule has 0 spiro atoms. The molecule has 3 aromatic rings. The Balaban J connectivity index is 1.77. The maximum Gasteiger partial charge on any atom is 0.335 e. The van der Waals surface area contributed by atoms with Crippen molar-refractivity contribution in [2.45, 2.75) is 13.3 Å². The van der Waals surface area contributed by atoms with Gasteiger partial charge in [0, 0.05) is 10.9 Å². The lowest BCUT2D eigenvalue weighted by molar-refractivity contribution is -0.122. The molecule has 4 rings (SSSR count). The van der Waals surface area contributed by atoms with Gasteiger partial charge in [0.2, 0.25) is 0 Å². The van der Waals surface area contributed by atoms with Crippen molar-refractivity contribution in [3.63, 3.8) is 0 Å². The summed E-state index contributed by atoms with van der Waals surface area (Å²) in [6.45, 7) is 1.77. The van der Waals surface area contributed by atoms with E-state index in [1.165, 1.54) is 12.1 Å². The summed E-state index contributed by atoms with van der Waals surface area (Å²) in [5, 5.41) is 2.24. The highest BCUT2D eigenvalue weighted by atomic mass is 79.9. The zero-order valence-corrected chi connectivity index (χ0v) is 18.6. The molecule has 4 amide bonds. The quantitative estimate of drug-likeness (QED) is 0.404. The summed E-state index contributed by atoms with van der Waals surface area (Å²) in [6.07, 6.45) is 1.71. The second-order valence-corrected chi connectivity index (χ2v) is 8.27. The van der Waals surface area contributed by atoms with E-state index in [0.717, 1.165) is 14.9 Å². The number of nitrogens with one attached hydrogen (secondary N) is 1. The van der Waals surface area contributed by atoms with Crippen LogP contribution in [0.5, 0.6) is 0 Å². The summed E-state index contributed by atoms with van der Waals surface area (Å²) >= 11 is 3.41. The van der Waals surface area contributed by atoms with E-state index in [2.05, 4.69) is 21.2 Å². The van der Waals surface area contributed by atoms with Gasteiger partial charge >= 0.3 is 6.03 Å². The van der Waals surface area contributed by atoms with Crippen molar-refractivity contribution in [3.8, 4) is 0 Å². The van der Waals surface area contributed by atoms with Crippen LogP contribution in [0.15, 0.2) is 76.8 Å². The molecule has 1 aliphatic rings. The summed E-state index contributed by atoms with van der Waals surface area (Å²) in [5.41, 5.74) is 2.72. The average Bonchev–Trinajstić information content (AvgIpc) is 2.75. The molecule has 1 heterocycles. The monoisotopic (exact) mass is 492 g/mol. The Morgan fingerprint density at radius 2 is 1.69 bits per heavy atom. The molecule has 7 heteroatoms. The normalized spacial score (nSPS) is 15.3. The number of imide groups is 2. The average molecular weight is 493 g/mol. The van der Waals surface area contributed by atoms with E-state index in [0.29, 0.717) is 22.4 Å². The Hall–Kier alpha value is -3.58. The predicted octanol–water partition coefficient (Wildman–Crippen LogP) is 5.15. The van der Waals surface area contributed by atoms with Crippen molar-refractivity contribution in [2.24, 2.45) is 0 Å². The first kappa shape index (κ1) is 21.6. The van der Waals surface area contributed by atoms with Crippen LogP contribution >= 0.6 is 15.9 Å². The van der Waals surface area contributed by atoms with Gasteiger partial charge in [0.25, 0.3) is 11.8 Å². The predicted molar refractivity (Wildman–Crippen MR) is 124 cm³/mol. The van der Waals surface area contributed by atoms with Gasteiger partial charge in [0.1, 0.15) is 11.4 Å². The van der Waals surface area contributed by atoms with Crippen LogP contribution in [-0.2, 0) is 16.0 Å². The SMILES string of the molecule is Cc1ccccc1N1C(=O)NC(=O)/C(=C\c2cc(Br)ccc2Cc2ccccc2F)C1=O. The zero-order valence-electron chi connectivity index (χ0n) is 17.1. The van der Waals surface area contributed by atoms with Gasteiger partial charge in [-0.1, -0.05) is 58.4 Å². The number of urea groups is 1. The molecule has 0 unspecified atom stereocenters. The van der Waals surface area contributed by atoms with E-state index >= 15 is 0 Å². The number of barbiturate groups is 1. The van der Waals surface area contributed by atoms with Gasteiger partial charge in [-0.05, 0) is 59.5 Å². The van der Waals surface area contributed by atoms with Crippen LogP contribution < -0.4 is 10.2 Å². The minimum atomic E-state index is -0.799. The Bertz CT molecular complexity index is 1290. The molecule has 1 aliphatic heterocycles. The van der Waals surface area contributed by atoms with Gasteiger partial charge in [0.05, 0.1) is 5.69 Å². The maximum atomic E-state index is 14.2. The topological polar surface area (TPSA) is 66.5 Å². The number of aryl methyl sites for hydroxylation is 1. The lowest BCUT2D eigenvalue weighted by Crippen LogP contribution is -2.54. The molecule has 0 saturated carbocycles. The lowest BCUT2D eigenvalue weighted by atomic mass is 9.97. The first-order valence-corrected chi connectivity index (χ1v) is 10.6. The van der Waals surface area contributed by atoms with Crippen molar-refractivity contribution < 1.29 is 18.8 Å². The maximum absolute atomic E-state index is 14.2. The smallest absolute Gasteiger partial charge is 0.273 e. The van der Waals surface area contributed by atoms with Crippen LogP contribution in [0.1, 0.15) is 22.3 Å². The number of nitrogens with zero attached hydrogens (tertiary/aromatic N) is 1. The van der Waals surface area contributed by atoms with Crippen LogP contribution in [-0.4, -0.2) is 17.8 Å². The van der Waals surface area contributed by atoms with Crippen LogP contribution in [0.25, 0.3) is 6.08 Å². The molecular formula is C25H18BrFN2O3. The van der Waals surface area contributed by atoms with Crippen LogP contribution in [0.4, 0.5) is 14.9 Å². The molecule has 1 N–H and O–H groups in total. The Labute approximate surface area is 192 Å². The van der Waals surface area contributed by atoms with Crippen molar-refractivity contribution in [1.29, 1.82) is 0 Å². The zero-order chi connectivity index (χ0) is 22.8. The summed E-state index contributed by atoms with van der Waals surface area (Å²) in [7, 11) is 0. The number of para-hydroxylation sites is 1. The van der Waals surface area contributed by atoms with Crippen molar-refractivity contribution in [3.05, 3.63) is 105 Å². The number of carbonyl (C=O) groups excluding carboxylic acids is 3. The number of benzene rings is 3. The van der Waals surface area contributed by atoms with E-state index in [1.54, 1.807) is 61.5 Å². The number of rotatable bonds is 4. The third kappa shape index (κ3) is 4.24. The molecule has 32 heavy (non-hydrogen) atoms. The van der Waals surface area contributed by atoms with Gasteiger partial charge in [0.15, 0.2) is 0 Å². The molecule has 3 aromatic carbocycles.